The average molecular weight is 352 g/mol. The highest BCUT2D eigenvalue weighted by atomic mass is 16.6. The van der Waals surface area contributed by atoms with Gasteiger partial charge < -0.3 is 14.6 Å². The van der Waals surface area contributed by atoms with Crippen molar-refractivity contribution in [2.45, 2.75) is 56.1 Å². The molecule has 6 aliphatic rings. The standard InChI is InChI=1S/C22H24O4/c1-12(23)15-11-20-8-9-22(15,25-2)19-21(20)7-3-4-14(20)10-13-5-6-16(24)18(26-19)17(13)21/h5-6,8-9,14-15,19,24H,3-4,7,10-11H2,1-2H3/t14-,15+,19-,20-,21+,22-/m1/s1. The SMILES string of the molecule is CO[C@]12C=C[C@@]3(C[C@H]1C(C)=O)[C@@H]1CCC[C@@]34c3c(ccc(O)c3O[C@@H]24)C1. The highest BCUT2D eigenvalue weighted by molar-refractivity contribution is 5.82. The zero-order valence-electron chi connectivity index (χ0n) is 15.2. The van der Waals surface area contributed by atoms with E-state index in [4.69, 9.17) is 9.47 Å². The molecule has 0 saturated heterocycles. The summed E-state index contributed by atoms with van der Waals surface area (Å²) in [5.41, 5.74) is 1.57. The highest BCUT2D eigenvalue weighted by Gasteiger charge is 2.78. The number of fused-ring (bicyclic) bond motifs is 1. The smallest absolute Gasteiger partial charge is 0.165 e. The summed E-state index contributed by atoms with van der Waals surface area (Å²) in [6.07, 6.45) is 9.52. The predicted molar refractivity (Wildman–Crippen MR) is 95.3 cm³/mol. The van der Waals surface area contributed by atoms with Gasteiger partial charge in [-0.2, -0.15) is 0 Å². The van der Waals surface area contributed by atoms with Gasteiger partial charge in [-0.3, -0.25) is 4.79 Å². The van der Waals surface area contributed by atoms with Crippen molar-refractivity contribution >= 4 is 5.78 Å². The van der Waals surface area contributed by atoms with E-state index in [9.17, 15) is 9.90 Å². The number of Topliss-reactive ketones (excluding diaryl/α,β-unsaturated/α-hetero) is 1. The van der Waals surface area contributed by atoms with Crippen LogP contribution in [0.25, 0.3) is 0 Å². The Morgan fingerprint density at radius 3 is 2.96 bits per heavy atom. The molecule has 0 unspecified atom stereocenters. The molecule has 1 aliphatic heterocycles. The number of hydrogen-bond donors (Lipinski definition) is 1. The Kier molecular flexibility index (Phi) is 2.56. The molecule has 2 fully saturated rings. The number of ether oxygens (including phenoxy) is 2. The molecule has 0 radical (unpaired) electrons. The normalized spacial score (nSPS) is 46.0. The Bertz CT molecular complexity index is 888. The van der Waals surface area contributed by atoms with Crippen LogP contribution >= 0.6 is 0 Å². The largest absolute Gasteiger partial charge is 0.504 e. The number of phenolic OH excluding ortho intramolecular Hbond substituents is 1. The van der Waals surface area contributed by atoms with Crippen molar-refractivity contribution in [2.24, 2.45) is 17.3 Å². The first kappa shape index (κ1) is 15.3. The summed E-state index contributed by atoms with van der Waals surface area (Å²) in [5.74, 6) is 1.38. The van der Waals surface area contributed by atoms with E-state index < -0.39 is 5.60 Å². The molecule has 1 aromatic rings. The number of aromatic hydroxyl groups is 1. The summed E-state index contributed by atoms with van der Waals surface area (Å²) < 4.78 is 12.6. The molecule has 1 aromatic carbocycles. The second-order valence-electron chi connectivity index (χ2n) is 9.01. The van der Waals surface area contributed by atoms with Gasteiger partial charge in [-0.1, -0.05) is 24.6 Å². The van der Waals surface area contributed by atoms with Crippen LogP contribution in [0.3, 0.4) is 0 Å². The number of hydrogen-bond acceptors (Lipinski definition) is 4. The van der Waals surface area contributed by atoms with Gasteiger partial charge in [0.25, 0.3) is 0 Å². The average Bonchev–Trinajstić information content (AvgIpc) is 2.99. The van der Waals surface area contributed by atoms with Gasteiger partial charge in [0.15, 0.2) is 11.5 Å². The third-order valence-electron chi connectivity index (χ3n) is 8.48. The molecule has 5 aliphatic carbocycles. The van der Waals surface area contributed by atoms with E-state index in [1.807, 2.05) is 0 Å². The van der Waals surface area contributed by atoms with E-state index in [2.05, 4.69) is 18.2 Å². The summed E-state index contributed by atoms with van der Waals surface area (Å²) in [4.78, 5) is 12.7. The van der Waals surface area contributed by atoms with Gasteiger partial charge in [-0.05, 0) is 50.2 Å². The number of allylic oxidation sites excluding steroid dienone is 1. The maximum atomic E-state index is 12.7. The number of carbonyl (C=O) groups is 1. The molecule has 136 valence electrons. The molecule has 2 spiro atoms. The highest BCUT2D eigenvalue weighted by Crippen LogP contribution is 2.76. The lowest BCUT2D eigenvalue weighted by Gasteiger charge is -2.69. The number of methoxy groups -OCH3 is 1. The van der Waals surface area contributed by atoms with Crippen LogP contribution in [-0.2, 0) is 21.4 Å². The van der Waals surface area contributed by atoms with Crippen LogP contribution in [0, 0.1) is 17.3 Å². The molecule has 4 nitrogen and oxygen atoms in total. The van der Waals surface area contributed by atoms with Crippen molar-refractivity contribution < 1.29 is 19.4 Å². The summed E-state index contributed by atoms with van der Waals surface area (Å²) in [7, 11) is 1.70. The van der Waals surface area contributed by atoms with Gasteiger partial charge in [-0.25, -0.2) is 0 Å². The van der Waals surface area contributed by atoms with E-state index >= 15 is 0 Å². The van der Waals surface area contributed by atoms with Crippen LogP contribution in [0.15, 0.2) is 24.3 Å². The number of benzene rings is 1. The summed E-state index contributed by atoms with van der Waals surface area (Å²) in [6.45, 7) is 1.69. The summed E-state index contributed by atoms with van der Waals surface area (Å²) in [5, 5.41) is 10.6. The van der Waals surface area contributed by atoms with Crippen LogP contribution in [0.1, 0.15) is 43.7 Å². The second kappa shape index (κ2) is 4.36. The first-order chi connectivity index (χ1) is 12.5. The topological polar surface area (TPSA) is 55.8 Å². The molecule has 4 heteroatoms. The Hall–Kier alpha value is -1.81. The zero-order chi connectivity index (χ0) is 17.9. The lowest BCUT2D eigenvalue weighted by Crippen LogP contribution is -2.75. The molecule has 1 N–H and O–H groups in total. The van der Waals surface area contributed by atoms with Crippen LogP contribution in [0.5, 0.6) is 11.5 Å². The van der Waals surface area contributed by atoms with Crippen molar-refractivity contribution in [3.63, 3.8) is 0 Å². The zero-order valence-corrected chi connectivity index (χ0v) is 15.2. The third kappa shape index (κ3) is 1.28. The lowest BCUT2D eigenvalue weighted by molar-refractivity contribution is -0.207. The third-order valence-corrected chi connectivity index (χ3v) is 8.48. The van der Waals surface area contributed by atoms with Gasteiger partial charge in [0.05, 0.1) is 5.92 Å². The quantitative estimate of drug-likeness (QED) is 0.830. The minimum atomic E-state index is -0.741. The lowest BCUT2D eigenvalue weighted by atomic mass is 9.34. The molecule has 1 heterocycles. The molecule has 2 saturated carbocycles. The Morgan fingerprint density at radius 1 is 1.35 bits per heavy atom. The van der Waals surface area contributed by atoms with Gasteiger partial charge in [0, 0.05) is 23.5 Å². The minimum Gasteiger partial charge on any atom is -0.504 e. The fourth-order valence-electron chi connectivity index (χ4n) is 7.62. The molecule has 4 bridgehead atoms. The van der Waals surface area contributed by atoms with Crippen LogP contribution in [0.4, 0.5) is 0 Å². The first-order valence-electron chi connectivity index (χ1n) is 9.78. The van der Waals surface area contributed by atoms with E-state index in [0.717, 1.165) is 19.3 Å². The fourth-order valence-corrected chi connectivity index (χ4v) is 7.62. The Morgan fingerprint density at radius 2 is 2.19 bits per heavy atom. The second-order valence-corrected chi connectivity index (χ2v) is 9.01. The first-order valence-corrected chi connectivity index (χ1v) is 9.78. The molecular weight excluding hydrogens is 328 g/mol. The minimum absolute atomic E-state index is 0.0570. The van der Waals surface area contributed by atoms with E-state index in [0.29, 0.717) is 11.7 Å². The molecule has 0 aromatic heterocycles. The number of phenols is 1. The van der Waals surface area contributed by atoms with Crippen LogP contribution in [0.2, 0.25) is 0 Å². The van der Waals surface area contributed by atoms with Gasteiger partial charge in [-0.15, -0.1) is 0 Å². The van der Waals surface area contributed by atoms with E-state index in [1.165, 1.54) is 24.0 Å². The summed E-state index contributed by atoms with van der Waals surface area (Å²) >= 11 is 0. The maximum Gasteiger partial charge on any atom is 0.165 e. The van der Waals surface area contributed by atoms with Crippen LogP contribution < -0.4 is 4.74 Å². The van der Waals surface area contributed by atoms with E-state index in [-0.39, 0.29) is 34.4 Å². The Balaban J connectivity index is 1.73. The summed E-state index contributed by atoms with van der Waals surface area (Å²) in [6, 6.07) is 3.86. The Labute approximate surface area is 153 Å². The predicted octanol–water partition coefficient (Wildman–Crippen LogP) is 3.30. The van der Waals surface area contributed by atoms with Gasteiger partial charge >= 0.3 is 0 Å². The van der Waals surface area contributed by atoms with Crippen molar-refractivity contribution in [1.82, 2.24) is 0 Å². The van der Waals surface area contributed by atoms with Gasteiger partial charge in [0.2, 0.25) is 0 Å². The molecule has 6 atom stereocenters. The van der Waals surface area contributed by atoms with Gasteiger partial charge in [0.1, 0.15) is 17.5 Å². The van der Waals surface area contributed by atoms with Crippen molar-refractivity contribution in [3.05, 3.63) is 35.4 Å². The number of carbonyl (C=O) groups excluding carboxylic acids is 1. The molecule has 0 amide bonds. The monoisotopic (exact) mass is 352 g/mol. The molecule has 26 heavy (non-hydrogen) atoms. The molecular formula is C22H24O4. The number of ketones is 1. The van der Waals surface area contributed by atoms with Crippen LogP contribution in [-0.4, -0.2) is 29.7 Å². The van der Waals surface area contributed by atoms with E-state index in [1.54, 1.807) is 20.1 Å². The van der Waals surface area contributed by atoms with Crippen molar-refractivity contribution in [3.8, 4) is 11.5 Å². The van der Waals surface area contributed by atoms with Crippen molar-refractivity contribution in [2.75, 3.05) is 7.11 Å². The molecule has 7 rings (SSSR count). The van der Waals surface area contributed by atoms with Crippen molar-refractivity contribution in [1.29, 1.82) is 0 Å². The maximum absolute atomic E-state index is 12.7. The number of rotatable bonds is 2. The fraction of sp³-hybridized carbons (Fsp3) is 0.591.